The lowest BCUT2D eigenvalue weighted by Gasteiger charge is -2.42. The van der Waals surface area contributed by atoms with Crippen molar-refractivity contribution in [3.8, 4) is 0 Å². The van der Waals surface area contributed by atoms with E-state index in [1.54, 1.807) is 0 Å². The molecule has 1 aromatic rings. The molecule has 1 aliphatic carbocycles. The van der Waals surface area contributed by atoms with E-state index in [0.29, 0.717) is 6.04 Å². The minimum atomic E-state index is -0.253. The summed E-state index contributed by atoms with van der Waals surface area (Å²) in [4.78, 5) is 15.1. The second kappa shape index (κ2) is 5.57. The first-order valence-corrected chi connectivity index (χ1v) is 7.76. The molecule has 3 nitrogen and oxygen atoms in total. The average Bonchev–Trinajstić information content (AvgIpc) is 2.38. The first kappa shape index (κ1) is 13.6. The Balaban J connectivity index is 1.71. The van der Waals surface area contributed by atoms with Crippen molar-refractivity contribution >= 4 is 5.91 Å². The number of piperidine rings is 1. The second-order valence-corrected chi connectivity index (χ2v) is 6.38. The average molecular weight is 272 g/mol. The Hall–Kier alpha value is -1.35. The number of nitrogens with one attached hydrogen (secondary N) is 1. The van der Waals surface area contributed by atoms with Crippen LogP contribution in [0.5, 0.6) is 0 Å². The van der Waals surface area contributed by atoms with Gasteiger partial charge in [0, 0.05) is 12.6 Å². The van der Waals surface area contributed by atoms with Crippen molar-refractivity contribution in [2.45, 2.75) is 43.6 Å². The van der Waals surface area contributed by atoms with Crippen LogP contribution in [0.4, 0.5) is 0 Å². The fourth-order valence-corrected chi connectivity index (χ4v) is 3.54. The van der Waals surface area contributed by atoms with Crippen molar-refractivity contribution in [3.63, 3.8) is 0 Å². The summed E-state index contributed by atoms with van der Waals surface area (Å²) in [6.45, 7) is 2.13. The Labute approximate surface area is 121 Å². The Morgan fingerprint density at radius 2 is 2.00 bits per heavy atom. The van der Waals surface area contributed by atoms with E-state index in [1.165, 1.54) is 12.0 Å². The van der Waals surface area contributed by atoms with Gasteiger partial charge in [0.05, 0.1) is 5.41 Å². The number of likely N-dealkylation sites (tertiary alicyclic amines) is 1. The number of nitrogens with zero attached hydrogens (tertiary/aromatic N) is 1. The molecule has 1 amide bonds. The van der Waals surface area contributed by atoms with Gasteiger partial charge in [0.2, 0.25) is 5.91 Å². The summed E-state index contributed by atoms with van der Waals surface area (Å²) in [5.41, 5.74) is 0.935. The highest BCUT2D eigenvalue weighted by molar-refractivity contribution is 5.89. The summed E-state index contributed by atoms with van der Waals surface area (Å²) in [5.74, 6) is 0.246. The molecule has 0 bridgehead atoms. The molecule has 1 saturated carbocycles. The first-order chi connectivity index (χ1) is 9.71. The molecule has 1 saturated heterocycles. The van der Waals surface area contributed by atoms with Crippen LogP contribution in [-0.4, -0.2) is 37.0 Å². The fraction of sp³-hybridized carbons (Fsp3) is 0.588. The summed E-state index contributed by atoms with van der Waals surface area (Å²) < 4.78 is 0. The highest BCUT2D eigenvalue weighted by atomic mass is 16.2. The van der Waals surface area contributed by atoms with Crippen LogP contribution in [0.1, 0.15) is 37.7 Å². The van der Waals surface area contributed by atoms with Gasteiger partial charge in [-0.3, -0.25) is 4.79 Å². The van der Waals surface area contributed by atoms with Gasteiger partial charge in [-0.15, -0.1) is 0 Å². The summed E-state index contributed by atoms with van der Waals surface area (Å²) in [6, 6.07) is 10.6. The molecule has 2 aliphatic rings. The van der Waals surface area contributed by atoms with Gasteiger partial charge >= 0.3 is 0 Å². The number of carbonyl (C=O) groups excluding carboxylic acids is 1. The van der Waals surface area contributed by atoms with Gasteiger partial charge in [-0.05, 0) is 44.8 Å². The largest absolute Gasteiger partial charge is 0.351 e. The molecule has 1 aromatic carbocycles. The van der Waals surface area contributed by atoms with Gasteiger partial charge in [0.1, 0.15) is 0 Å². The summed E-state index contributed by atoms with van der Waals surface area (Å²) in [5, 5.41) is 3.31. The number of benzene rings is 1. The maximum absolute atomic E-state index is 12.8. The van der Waals surface area contributed by atoms with Gasteiger partial charge in [-0.2, -0.15) is 0 Å². The van der Waals surface area contributed by atoms with E-state index < -0.39 is 0 Å². The van der Waals surface area contributed by atoms with E-state index in [9.17, 15) is 4.79 Å². The summed E-state index contributed by atoms with van der Waals surface area (Å²) in [6.07, 6.45) is 5.43. The summed E-state index contributed by atoms with van der Waals surface area (Å²) >= 11 is 0. The van der Waals surface area contributed by atoms with E-state index in [4.69, 9.17) is 0 Å². The molecule has 1 aliphatic heterocycles. The lowest BCUT2D eigenvalue weighted by atomic mass is 9.63. The molecule has 108 valence electrons. The van der Waals surface area contributed by atoms with Gasteiger partial charge in [-0.1, -0.05) is 36.8 Å². The predicted octanol–water partition coefficient (Wildman–Crippen LogP) is 2.32. The van der Waals surface area contributed by atoms with E-state index in [2.05, 4.69) is 29.4 Å². The number of likely N-dealkylation sites (N-methyl/N-ethyl adjacent to an activating group) is 1. The van der Waals surface area contributed by atoms with Gasteiger partial charge in [-0.25, -0.2) is 0 Å². The number of hydrogen-bond donors (Lipinski definition) is 1. The zero-order valence-electron chi connectivity index (χ0n) is 12.3. The predicted molar refractivity (Wildman–Crippen MR) is 80.6 cm³/mol. The monoisotopic (exact) mass is 272 g/mol. The fourth-order valence-electron chi connectivity index (χ4n) is 3.54. The summed E-state index contributed by atoms with van der Waals surface area (Å²) in [7, 11) is 2.13. The van der Waals surface area contributed by atoms with Crippen molar-refractivity contribution in [1.29, 1.82) is 0 Å². The van der Waals surface area contributed by atoms with E-state index in [1.807, 2.05) is 18.2 Å². The molecule has 1 atom stereocenters. The highest BCUT2D eigenvalue weighted by Crippen LogP contribution is 2.44. The van der Waals surface area contributed by atoms with Crippen molar-refractivity contribution in [3.05, 3.63) is 35.9 Å². The molecule has 1 unspecified atom stereocenters. The zero-order valence-corrected chi connectivity index (χ0v) is 12.3. The molecule has 0 radical (unpaired) electrons. The normalized spacial score (nSPS) is 25.8. The zero-order chi connectivity index (χ0) is 14.0. The van der Waals surface area contributed by atoms with Crippen LogP contribution in [0.15, 0.2) is 30.3 Å². The third-order valence-corrected chi connectivity index (χ3v) is 4.93. The lowest BCUT2D eigenvalue weighted by Crippen LogP contribution is -2.55. The Kier molecular flexibility index (Phi) is 3.79. The minimum absolute atomic E-state index is 0.246. The number of rotatable bonds is 3. The molecule has 1 heterocycles. The number of hydrogen-bond acceptors (Lipinski definition) is 2. The Morgan fingerprint density at radius 1 is 1.25 bits per heavy atom. The van der Waals surface area contributed by atoms with Gasteiger partial charge < -0.3 is 10.2 Å². The van der Waals surface area contributed by atoms with Crippen molar-refractivity contribution in [2.75, 3.05) is 20.1 Å². The SMILES string of the molecule is CN1CCCC(NC(=O)C2(c3ccccc3)CCC2)C1. The van der Waals surface area contributed by atoms with E-state index in [0.717, 1.165) is 38.8 Å². The molecule has 0 aromatic heterocycles. The van der Waals surface area contributed by atoms with Crippen LogP contribution in [0.3, 0.4) is 0 Å². The number of amides is 1. The third-order valence-electron chi connectivity index (χ3n) is 4.93. The van der Waals surface area contributed by atoms with Crippen LogP contribution in [-0.2, 0) is 10.2 Å². The van der Waals surface area contributed by atoms with Crippen molar-refractivity contribution < 1.29 is 4.79 Å². The second-order valence-electron chi connectivity index (χ2n) is 6.38. The Morgan fingerprint density at radius 3 is 2.60 bits per heavy atom. The Bertz CT molecular complexity index is 467. The van der Waals surface area contributed by atoms with Crippen LogP contribution in [0, 0.1) is 0 Å². The topological polar surface area (TPSA) is 32.3 Å². The maximum Gasteiger partial charge on any atom is 0.230 e. The molecule has 3 heteroatoms. The standard InChI is InChI=1S/C17H24N2O/c1-19-12-5-9-15(13-19)18-16(20)17(10-6-11-17)14-7-3-2-4-8-14/h2-4,7-8,15H,5-6,9-13H2,1H3,(H,18,20). The molecule has 3 rings (SSSR count). The van der Waals surface area contributed by atoms with Crippen molar-refractivity contribution in [2.24, 2.45) is 0 Å². The molecule has 1 N–H and O–H groups in total. The number of carbonyl (C=O) groups is 1. The maximum atomic E-state index is 12.8. The van der Waals surface area contributed by atoms with Gasteiger partial charge in [0.15, 0.2) is 0 Å². The van der Waals surface area contributed by atoms with Crippen molar-refractivity contribution in [1.82, 2.24) is 10.2 Å². The minimum Gasteiger partial charge on any atom is -0.351 e. The quantitative estimate of drug-likeness (QED) is 0.916. The third kappa shape index (κ3) is 2.47. The lowest BCUT2D eigenvalue weighted by molar-refractivity contribution is -0.131. The molecule has 20 heavy (non-hydrogen) atoms. The smallest absolute Gasteiger partial charge is 0.230 e. The molecular weight excluding hydrogens is 248 g/mol. The van der Waals surface area contributed by atoms with Crippen LogP contribution in [0.2, 0.25) is 0 Å². The van der Waals surface area contributed by atoms with Crippen LogP contribution in [0.25, 0.3) is 0 Å². The highest BCUT2D eigenvalue weighted by Gasteiger charge is 2.46. The van der Waals surface area contributed by atoms with E-state index in [-0.39, 0.29) is 11.3 Å². The van der Waals surface area contributed by atoms with E-state index >= 15 is 0 Å². The molecule has 2 fully saturated rings. The molecule has 0 spiro atoms. The first-order valence-electron chi connectivity index (χ1n) is 7.76. The van der Waals surface area contributed by atoms with Crippen LogP contribution < -0.4 is 5.32 Å². The van der Waals surface area contributed by atoms with Gasteiger partial charge in [0.25, 0.3) is 0 Å². The van der Waals surface area contributed by atoms with Crippen LogP contribution >= 0.6 is 0 Å². The molecular formula is C17H24N2O.